The fraction of sp³-hybridized carbons (Fsp3) is 0.429. The smallest absolute Gasteiger partial charge is 0.315 e. The number of anilines is 1. The zero-order chi connectivity index (χ0) is 14.3. The Labute approximate surface area is 114 Å². The summed E-state index contributed by atoms with van der Waals surface area (Å²) >= 11 is 0. The zero-order valence-corrected chi connectivity index (χ0v) is 11.6. The van der Waals surface area contributed by atoms with Crippen LogP contribution in [0.4, 0.5) is 10.5 Å². The number of urea groups is 1. The van der Waals surface area contributed by atoms with Crippen LogP contribution in [0.1, 0.15) is 20.8 Å². The van der Waals surface area contributed by atoms with Crippen molar-refractivity contribution in [3.63, 3.8) is 0 Å². The number of para-hydroxylation sites is 1. The molecule has 2 N–H and O–H groups in total. The number of nitrogens with one attached hydrogen (secondary N) is 2. The summed E-state index contributed by atoms with van der Waals surface area (Å²) in [6, 6.07) is 9.12. The van der Waals surface area contributed by atoms with Gasteiger partial charge in [0.05, 0.1) is 6.54 Å². The number of carbonyl (C=O) groups excluding carboxylic acids is 2. The highest BCUT2D eigenvalue weighted by Crippen LogP contribution is 2.12. The molecule has 3 amide bonds. The molecule has 0 bridgehead atoms. The Bertz CT molecular complexity index is 418. The van der Waals surface area contributed by atoms with Gasteiger partial charge in [0.1, 0.15) is 0 Å². The molecule has 104 valence electrons. The zero-order valence-electron chi connectivity index (χ0n) is 11.6. The van der Waals surface area contributed by atoms with Gasteiger partial charge in [0.25, 0.3) is 0 Å². The predicted molar refractivity (Wildman–Crippen MR) is 76.1 cm³/mol. The minimum atomic E-state index is -0.326. The van der Waals surface area contributed by atoms with E-state index in [-0.39, 0.29) is 24.5 Å². The van der Waals surface area contributed by atoms with Crippen molar-refractivity contribution in [1.29, 1.82) is 0 Å². The van der Waals surface area contributed by atoms with Crippen molar-refractivity contribution in [2.45, 2.75) is 26.8 Å². The van der Waals surface area contributed by atoms with Gasteiger partial charge in [-0.15, -0.1) is 0 Å². The van der Waals surface area contributed by atoms with E-state index >= 15 is 0 Å². The molecule has 1 aromatic carbocycles. The third kappa shape index (κ3) is 4.99. The summed E-state index contributed by atoms with van der Waals surface area (Å²) in [5.74, 6) is -0.132. The minimum Gasteiger partial charge on any atom is -0.336 e. The number of hydrogen-bond donors (Lipinski definition) is 2. The predicted octanol–water partition coefficient (Wildman–Crippen LogP) is 1.75. The first-order valence-corrected chi connectivity index (χ1v) is 6.44. The van der Waals surface area contributed by atoms with Crippen molar-refractivity contribution in [3.8, 4) is 0 Å². The lowest BCUT2D eigenvalue weighted by molar-refractivity contribution is -0.117. The van der Waals surface area contributed by atoms with Gasteiger partial charge < -0.3 is 15.5 Å². The van der Waals surface area contributed by atoms with E-state index in [0.717, 1.165) is 5.69 Å². The summed E-state index contributed by atoms with van der Waals surface area (Å²) in [6.45, 7) is 6.18. The highest BCUT2D eigenvalue weighted by Gasteiger charge is 2.14. The summed E-state index contributed by atoms with van der Waals surface area (Å²) in [7, 11) is 0. The number of likely N-dealkylation sites (N-methyl/N-ethyl adjacent to an activating group) is 1. The quantitative estimate of drug-likeness (QED) is 0.850. The fourth-order valence-electron chi connectivity index (χ4n) is 1.68. The van der Waals surface area contributed by atoms with Crippen molar-refractivity contribution in [1.82, 2.24) is 10.6 Å². The SMILES string of the molecule is CCN(C(=O)CNC(=O)NC(C)C)c1ccccc1. The Morgan fingerprint density at radius 3 is 2.37 bits per heavy atom. The second kappa shape index (κ2) is 7.41. The molecule has 0 radical (unpaired) electrons. The van der Waals surface area contributed by atoms with Crippen LogP contribution in [-0.2, 0) is 4.79 Å². The normalized spacial score (nSPS) is 10.1. The molecular formula is C14H21N3O2. The van der Waals surface area contributed by atoms with Crippen molar-refractivity contribution in [3.05, 3.63) is 30.3 Å². The summed E-state index contributed by atoms with van der Waals surface area (Å²) < 4.78 is 0. The van der Waals surface area contributed by atoms with E-state index in [9.17, 15) is 9.59 Å². The van der Waals surface area contributed by atoms with E-state index in [1.807, 2.05) is 51.1 Å². The van der Waals surface area contributed by atoms with Crippen LogP contribution in [0.3, 0.4) is 0 Å². The van der Waals surface area contributed by atoms with Gasteiger partial charge in [0.2, 0.25) is 5.91 Å². The number of hydrogen-bond acceptors (Lipinski definition) is 2. The lowest BCUT2D eigenvalue weighted by Crippen LogP contribution is -2.45. The number of carbonyl (C=O) groups is 2. The average molecular weight is 263 g/mol. The summed E-state index contributed by atoms with van der Waals surface area (Å²) in [4.78, 5) is 25.1. The summed E-state index contributed by atoms with van der Waals surface area (Å²) in [5, 5.41) is 5.23. The lowest BCUT2D eigenvalue weighted by atomic mass is 10.3. The monoisotopic (exact) mass is 263 g/mol. The molecule has 5 heteroatoms. The molecule has 0 aliphatic heterocycles. The summed E-state index contributed by atoms with van der Waals surface area (Å²) in [5.41, 5.74) is 0.834. The van der Waals surface area contributed by atoms with Crippen molar-refractivity contribution >= 4 is 17.6 Å². The molecule has 0 saturated heterocycles. The lowest BCUT2D eigenvalue weighted by Gasteiger charge is -2.21. The maximum absolute atomic E-state index is 12.0. The fourth-order valence-corrected chi connectivity index (χ4v) is 1.68. The van der Waals surface area contributed by atoms with Gasteiger partial charge in [-0.05, 0) is 32.9 Å². The van der Waals surface area contributed by atoms with Crippen LogP contribution in [0.15, 0.2) is 30.3 Å². The van der Waals surface area contributed by atoms with Crippen LogP contribution in [0, 0.1) is 0 Å². The molecular weight excluding hydrogens is 242 g/mol. The molecule has 0 aliphatic carbocycles. The Kier molecular flexibility index (Phi) is 5.85. The third-order valence-corrected chi connectivity index (χ3v) is 2.51. The van der Waals surface area contributed by atoms with Crippen LogP contribution in [0.25, 0.3) is 0 Å². The van der Waals surface area contributed by atoms with Gasteiger partial charge in [0, 0.05) is 18.3 Å². The first-order valence-electron chi connectivity index (χ1n) is 6.44. The molecule has 0 atom stereocenters. The Morgan fingerprint density at radius 2 is 1.84 bits per heavy atom. The maximum atomic E-state index is 12.0. The van der Waals surface area contributed by atoms with E-state index in [4.69, 9.17) is 0 Å². The molecule has 0 fully saturated rings. The summed E-state index contributed by atoms with van der Waals surface area (Å²) in [6.07, 6.45) is 0. The maximum Gasteiger partial charge on any atom is 0.315 e. The number of benzene rings is 1. The van der Waals surface area contributed by atoms with Gasteiger partial charge >= 0.3 is 6.03 Å². The van der Waals surface area contributed by atoms with Crippen LogP contribution in [-0.4, -0.2) is 31.1 Å². The molecule has 19 heavy (non-hydrogen) atoms. The molecule has 5 nitrogen and oxygen atoms in total. The van der Waals surface area contributed by atoms with Crippen LogP contribution < -0.4 is 15.5 Å². The van der Waals surface area contributed by atoms with E-state index in [0.29, 0.717) is 6.54 Å². The van der Waals surface area contributed by atoms with Gasteiger partial charge in [-0.3, -0.25) is 4.79 Å². The van der Waals surface area contributed by atoms with Crippen molar-refractivity contribution < 1.29 is 9.59 Å². The van der Waals surface area contributed by atoms with E-state index in [1.165, 1.54) is 0 Å². The first kappa shape index (κ1) is 15.0. The highest BCUT2D eigenvalue weighted by molar-refractivity contribution is 5.96. The highest BCUT2D eigenvalue weighted by atomic mass is 16.2. The van der Waals surface area contributed by atoms with Gasteiger partial charge in [-0.1, -0.05) is 18.2 Å². The first-order chi connectivity index (χ1) is 9.04. The molecule has 0 spiro atoms. The second-order valence-electron chi connectivity index (χ2n) is 4.46. The van der Waals surface area contributed by atoms with Gasteiger partial charge in [-0.25, -0.2) is 4.79 Å². The molecule has 0 unspecified atom stereocenters. The van der Waals surface area contributed by atoms with Crippen LogP contribution in [0.2, 0.25) is 0 Å². The van der Waals surface area contributed by atoms with Crippen molar-refractivity contribution in [2.75, 3.05) is 18.0 Å². The Hall–Kier alpha value is -2.04. The molecule has 0 heterocycles. The topological polar surface area (TPSA) is 61.4 Å². The van der Waals surface area contributed by atoms with Crippen LogP contribution in [0.5, 0.6) is 0 Å². The van der Waals surface area contributed by atoms with Gasteiger partial charge in [-0.2, -0.15) is 0 Å². The van der Waals surface area contributed by atoms with Crippen molar-refractivity contribution in [2.24, 2.45) is 0 Å². The molecule has 0 aromatic heterocycles. The molecule has 0 saturated carbocycles. The molecule has 0 aliphatic rings. The minimum absolute atomic E-state index is 0.0126. The number of nitrogens with zero attached hydrogens (tertiary/aromatic N) is 1. The Morgan fingerprint density at radius 1 is 1.21 bits per heavy atom. The average Bonchev–Trinajstić information content (AvgIpc) is 2.38. The molecule has 1 aromatic rings. The third-order valence-electron chi connectivity index (χ3n) is 2.51. The standard InChI is InChI=1S/C14H21N3O2/c1-4-17(12-8-6-5-7-9-12)13(18)10-15-14(19)16-11(2)3/h5-9,11H,4,10H2,1-3H3,(H2,15,16,19). The second-order valence-corrected chi connectivity index (χ2v) is 4.46. The van der Waals surface area contributed by atoms with Crippen LogP contribution >= 0.6 is 0 Å². The largest absolute Gasteiger partial charge is 0.336 e. The van der Waals surface area contributed by atoms with E-state index in [1.54, 1.807) is 4.90 Å². The van der Waals surface area contributed by atoms with E-state index in [2.05, 4.69) is 10.6 Å². The Balaban J connectivity index is 2.54. The van der Waals surface area contributed by atoms with Gasteiger partial charge in [0.15, 0.2) is 0 Å². The van der Waals surface area contributed by atoms with E-state index < -0.39 is 0 Å². The number of rotatable bonds is 5. The number of amides is 3. The molecule has 1 rings (SSSR count).